The Balaban J connectivity index is 2.25. The summed E-state index contributed by atoms with van der Waals surface area (Å²) in [7, 11) is -0.0448. The quantitative estimate of drug-likeness (QED) is 0.193. The van der Waals surface area contributed by atoms with Gasteiger partial charge in [-0.1, -0.05) is 41.0 Å². The molecule has 56 heavy (non-hydrogen) atoms. The van der Waals surface area contributed by atoms with Gasteiger partial charge in [0.25, 0.3) is 10.0 Å². The van der Waals surface area contributed by atoms with Crippen LogP contribution in [0, 0.1) is 23.7 Å². The number of carbonyl (C=O) groups excluding carboxylic acids is 5. The zero-order chi connectivity index (χ0) is 42.9. The first-order chi connectivity index (χ1) is 25.8. The highest BCUT2D eigenvalue weighted by Gasteiger charge is 2.44. The molecule has 2 rings (SSSR count). The lowest BCUT2D eigenvalue weighted by atomic mass is 9.86. The Hall–Kier alpha value is -3.77. The van der Waals surface area contributed by atoms with Crippen LogP contribution in [-0.2, 0) is 48.2 Å². The standard InChI is InChI=1S/C38H59F3N4O10S/c1-12-23(4)32(44(9)35(49)27(22(2)3)20-31(47)55-37(6,7)8)29(53-10)21-30(46)45-19-13-14-28(45)33(54-11)24(5)34(48)43-56(51,52)26-17-15-25(16-18-26)42-36(50)38(39,40)41/h15-18,22-24,27-29,32-33H,12-14,19-21H2,1-11H3,(H,42,50)(H,43,48)/t23?,24-,27+,28+,29-,32+,33-/m1/s1. The molecule has 0 aliphatic carbocycles. The van der Waals surface area contributed by atoms with Crippen molar-refractivity contribution in [3.63, 3.8) is 0 Å². The summed E-state index contributed by atoms with van der Waals surface area (Å²) in [5.74, 6) is -6.33. The van der Waals surface area contributed by atoms with Crippen molar-refractivity contribution in [3.8, 4) is 0 Å². The monoisotopic (exact) mass is 820 g/mol. The molecule has 0 saturated carbocycles. The minimum Gasteiger partial charge on any atom is -0.460 e. The Kier molecular flexibility index (Phi) is 17.3. The summed E-state index contributed by atoms with van der Waals surface area (Å²) in [6, 6.07) is 2.60. The Morgan fingerprint density at radius 1 is 0.964 bits per heavy atom. The average Bonchev–Trinajstić information content (AvgIpc) is 3.58. The maximum absolute atomic E-state index is 14.1. The number of amides is 4. The Labute approximate surface area is 328 Å². The van der Waals surface area contributed by atoms with Gasteiger partial charge in [0.1, 0.15) is 5.60 Å². The minimum absolute atomic E-state index is 0.111. The third-order valence-electron chi connectivity index (χ3n) is 10.1. The summed E-state index contributed by atoms with van der Waals surface area (Å²) >= 11 is 0. The van der Waals surface area contributed by atoms with Crippen LogP contribution in [0.25, 0.3) is 0 Å². The number of hydrogen-bond acceptors (Lipinski definition) is 10. The van der Waals surface area contributed by atoms with Gasteiger partial charge in [-0.3, -0.25) is 24.0 Å². The number of sulfonamides is 1. The summed E-state index contributed by atoms with van der Waals surface area (Å²) in [5, 5.41) is 1.61. The fourth-order valence-electron chi connectivity index (χ4n) is 6.94. The number of nitrogens with zero attached hydrogens (tertiary/aromatic N) is 2. The summed E-state index contributed by atoms with van der Waals surface area (Å²) in [6.45, 7) is 14.7. The molecule has 0 spiro atoms. The molecule has 1 saturated heterocycles. The molecule has 0 radical (unpaired) electrons. The SMILES string of the molecule is CCC(C)[C@@H]([C@@H](CC(=O)N1CCC[C@H]1[C@H](OC)[C@@H](C)C(=O)NS(=O)(=O)c1ccc(NC(=O)C(F)(F)F)cc1)OC)N(C)C(=O)[C@@H](CC(=O)OC(C)(C)C)C(C)C. The van der Waals surface area contributed by atoms with Crippen molar-refractivity contribution in [1.29, 1.82) is 0 Å². The predicted octanol–water partition coefficient (Wildman–Crippen LogP) is 4.92. The smallest absolute Gasteiger partial charge is 0.460 e. The molecule has 1 aromatic carbocycles. The Morgan fingerprint density at radius 2 is 1.55 bits per heavy atom. The normalized spacial score (nSPS) is 18.3. The molecule has 18 heteroatoms. The van der Waals surface area contributed by atoms with Crippen molar-refractivity contribution in [2.45, 2.75) is 128 Å². The fourth-order valence-corrected chi connectivity index (χ4v) is 8.01. The second-order valence-electron chi connectivity index (χ2n) is 15.7. The predicted molar refractivity (Wildman–Crippen MR) is 201 cm³/mol. The van der Waals surface area contributed by atoms with Crippen molar-refractivity contribution in [1.82, 2.24) is 14.5 Å². The van der Waals surface area contributed by atoms with Gasteiger partial charge in [0.15, 0.2) is 0 Å². The van der Waals surface area contributed by atoms with E-state index in [2.05, 4.69) is 0 Å². The highest BCUT2D eigenvalue weighted by Crippen LogP contribution is 2.31. The third kappa shape index (κ3) is 13.1. The van der Waals surface area contributed by atoms with Crippen LogP contribution in [0.4, 0.5) is 18.9 Å². The largest absolute Gasteiger partial charge is 0.471 e. The molecule has 1 unspecified atom stereocenters. The molecule has 0 aromatic heterocycles. The molecule has 1 aliphatic heterocycles. The number of likely N-dealkylation sites (N-methyl/N-ethyl adjacent to an activating group) is 1. The first kappa shape index (κ1) is 48.4. The van der Waals surface area contributed by atoms with Gasteiger partial charge in [0, 0.05) is 33.5 Å². The van der Waals surface area contributed by atoms with Crippen LogP contribution in [-0.4, -0.2) is 112 Å². The lowest BCUT2D eigenvalue weighted by Gasteiger charge is -2.40. The van der Waals surface area contributed by atoms with Crippen molar-refractivity contribution >= 4 is 45.3 Å². The van der Waals surface area contributed by atoms with Gasteiger partial charge in [-0.25, -0.2) is 13.1 Å². The second kappa shape index (κ2) is 20.1. The van der Waals surface area contributed by atoms with Gasteiger partial charge >= 0.3 is 18.1 Å². The van der Waals surface area contributed by atoms with Gasteiger partial charge in [-0.2, -0.15) is 13.2 Å². The van der Waals surface area contributed by atoms with Crippen LogP contribution in [0.5, 0.6) is 0 Å². The molecule has 4 amide bonds. The number of hydrogen-bond donors (Lipinski definition) is 2. The second-order valence-corrected chi connectivity index (χ2v) is 17.4. The zero-order valence-corrected chi connectivity index (χ0v) is 35.0. The van der Waals surface area contributed by atoms with E-state index in [4.69, 9.17) is 14.2 Å². The van der Waals surface area contributed by atoms with Gasteiger partial charge in [0.05, 0.1) is 53.9 Å². The molecule has 7 atom stereocenters. The average molecular weight is 821 g/mol. The number of esters is 1. The number of carbonyl (C=O) groups is 5. The summed E-state index contributed by atoms with van der Waals surface area (Å²) in [5.41, 5.74) is -1.02. The molecule has 0 bridgehead atoms. The lowest BCUT2D eigenvalue weighted by Crippen LogP contribution is -2.54. The van der Waals surface area contributed by atoms with E-state index in [1.165, 1.54) is 21.1 Å². The van der Waals surface area contributed by atoms with Crippen LogP contribution < -0.4 is 10.0 Å². The molecule has 1 fully saturated rings. The molecule has 2 N–H and O–H groups in total. The van der Waals surface area contributed by atoms with Crippen LogP contribution in [0.1, 0.15) is 87.5 Å². The van der Waals surface area contributed by atoms with E-state index >= 15 is 0 Å². The third-order valence-corrected chi connectivity index (χ3v) is 11.5. The van der Waals surface area contributed by atoms with Gasteiger partial charge in [0.2, 0.25) is 17.7 Å². The van der Waals surface area contributed by atoms with E-state index in [1.54, 1.807) is 42.9 Å². The van der Waals surface area contributed by atoms with E-state index < -0.39 is 80.6 Å². The highest BCUT2D eigenvalue weighted by molar-refractivity contribution is 7.90. The minimum atomic E-state index is -5.15. The van der Waals surface area contributed by atoms with Gasteiger partial charge < -0.3 is 29.3 Å². The van der Waals surface area contributed by atoms with E-state index in [0.717, 1.165) is 24.3 Å². The van der Waals surface area contributed by atoms with Crippen LogP contribution in [0.15, 0.2) is 29.2 Å². The molecular formula is C38H59F3N4O10S. The molecule has 1 aromatic rings. The van der Waals surface area contributed by atoms with Crippen LogP contribution in [0.2, 0.25) is 0 Å². The number of alkyl halides is 3. The van der Waals surface area contributed by atoms with Crippen molar-refractivity contribution < 1.29 is 59.8 Å². The molecule has 1 heterocycles. The Morgan fingerprint density at radius 3 is 2.04 bits per heavy atom. The molecule has 1 aliphatic rings. The van der Waals surface area contributed by atoms with Crippen LogP contribution >= 0.6 is 0 Å². The maximum Gasteiger partial charge on any atom is 0.471 e. The van der Waals surface area contributed by atoms with E-state index in [0.29, 0.717) is 25.8 Å². The molecule has 14 nitrogen and oxygen atoms in total. The van der Waals surface area contributed by atoms with E-state index in [-0.39, 0.29) is 42.2 Å². The lowest BCUT2D eigenvalue weighted by molar-refractivity contribution is -0.167. The van der Waals surface area contributed by atoms with Gasteiger partial charge in [-0.05, 0) is 69.7 Å². The first-order valence-electron chi connectivity index (χ1n) is 18.7. The number of likely N-dealkylation sites (tertiary alicyclic amines) is 1. The highest BCUT2D eigenvalue weighted by atomic mass is 32.2. The number of ether oxygens (including phenoxy) is 3. The number of methoxy groups -OCH3 is 2. The number of benzene rings is 1. The summed E-state index contributed by atoms with van der Waals surface area (Å²) < 4.78 is 83.0. The fraction of sp³-hybridized carbons (Fsp3) is 0.711. The number of anilines is 1. The van der Waals surface area contributed by atoms with Gasteiger partial charge in [-0.15, -0.1) is 0 Å². The van der Waals surface area contributed by atoms with Crippen LogP contribution in [0.3, 0.4) is 0 Å². The summed E-state index contributed by atoms with van der Waals surface area (Å²) in [6.07, 6.45) is -5.39. The summed E-state index contributed by atoms with van der Waals surface area (Å²) in [4.78, 5) is 68.1. The maximum atomic E-state index is 14.1. The van der Waals surface area contributed by atoms with Crippen molar-refractivity contribution in [2.75, 3.05) is 33.1 Å². The first-order valence-corrected chi connectivity index (χ1v) is 20.2. The van der Waals surface area contributed by atoms with Crippen molar-refractivity contribution in [3.05, 3.63) is 24.3 Å². The molecular weight excluding hydrogens is 761 g/mol. The number of nitrogens with one attached hydrogen (secondary N) is 2. The van der Waals surface area contributed by atoms with E-state index in [9.17, 15) is 45.6 Å². The van der Waals surface area contributed by atoms with Crippen molar-refractivity contribution in [2.24, 2.45) is 23.7 Å². The number of halogens is 3. The topological polar surface area (TPSA) is 178 Å². The molecule has 318 valence electrons. The Bertz CT molecular complexity index is 1630. The van der Waals surface area contributed by atoms with E-state index in [1.807, 2.05) is 32.4 Å². The zero-order valence-electron chi connectivity index (χ0n) is 34.2. The number of rotatable bonds is 18.